The molecule has 0 fully saturated rings. The minimum atomic E-state index is -0.0821. The van der Waals surface area contributed by atoms with Crippen LogP contribution in [-0.4, -0.2) is 9.55 Å². The molecule has 0 spiro atoms. The first-order valence-corrected chi connectivity index (χ1v) is 4.69. The third-order valence-corrected chi connectivity index (χ3v) is 2.58. The van der Waals surface area contributed by atoms with Gasteiger partial charge in [-0.3, -0.25) is 4.98 Å². The molecule has 2 aromatic rings. The molecule has 0 aliphatic rings. The molecule has 1 N–H and O–H groups in total. The van der Waals surface area contributed by atoms with Gasteiger partial charge in [0.1, 0.15) is 24.8 Å². The van der Waals surface area contributed by atoms with E-state index in [2.05, 4.69) is 40.5 Å². The Labute approximate surface area is 108 Å². The van der Waals surface area contributed by atoms with Gasteiger partial charge in [-0.25, -0.2) is 4.57 Å². The van der Waals surface area contributed by atoms with Crippen molar-refractivity contribution in [1.29, 1.82) is 0 Å². The lowest BCUT2D eigenvalue weighted by Gasteiger charge is -2.16. The number of hydrogen-bond donors (Lipinski definition) is 1. The van der Waals surface area contributed by atoms with Crippen LogP contribution in [0, 0.1) is 0 Å². The van der Waals surface area contributed by atoms with Crippen LogP contribution in [0.3, 0.4) is 0 Å². The van der Waals surface area contributed by atoms with Gasteiger partial charge >= 0.3 is 0 Å². The summed E-state index contributed by atoms with van der Waals surface area (Å²) in [6, 6.07) is 0. The predicted octanol–water partition coefficient (Wildman–Crippen LogP) is -5.82. The summed E-state index contributed by atoms with van der Waals surface area (Å²) < 4.78 is 6.34. The molecule has 0 amide bonds. The zero-order valence-corrected chi connectivity index (χ0v) is 11.1. The van der Waals surface area contributed by atoms with Crippen LogP contribution in [0.4, 0.5) is 0 Å². The van der Waals surface area contributed by atoms with Gasteiger partial charge < -0.3 is 24.8 Å². The van der Waals surface area contributed by atoms with E-state index in [0.717, 1.165) is 0 Å². The second kappa shape index (κ2) is 5.37. The quantitative estimate of drug-likeness (QED) is 0.523. The Morgan fingerprint density at radius 3 is 2.31 bits per heavy atom. The number of aromatic amines is 1. The fraction of sp³-hybridized carbons (Fsp3) is 0.400. The number of aromatic nitrogens is 4. The minimum Gasteiger partial charge on any atom is -1.00 e. The van der Waals surface area contributed by atoms with Crippen LogP contribution in [0.5, 0.6) is 0 Å². The van der Waals surface area contributed by atoms with E-state index in [9.17, 15) is 0 Å². The highest BCUT2D eigenvalue weighted by atomic mass is 35.5. The number of halogens is 2. The zero-order valence-electron chi connectivity index (χ0n) is 9.56. The highest BCUT2D eigenvalue weighted by Gasteiger charge is 2.31. The van der Waals surface area contributed by atoms with Gasteiger partial charge in [-0.2, -0.15) is 9.13 Å². The first-order chi connectivity index (χ1) is 6.60. The fourth-order valence-corrected chi connectivity index (χ4v) is 1.54. The van der Waals surface area contributed by atoms with Gasteiger partial charge in [0, 0.05) is 13.8 Å². The number of nitrogens with zero attached hydrogens (tertiary/aromatic N) is 3. The average Bonchev–Trinajstić information content (AvgIpc) is 2.72. The van der Waals surface area contributed by atoms with Gasteiger partial charge in [-0.1, -0.05) is 0 Å². The lowest BCUT2D eigenvalue weighted by atomic mass is 10.2. The number of rotatable bonds is 2. The van der Waals surface area contributed by atoms with Crippen molar-refractivity contribution in [3.05, 3.63) is 37.4 Å². The van der Waals surface area contributed by atoms with E-state index in [4.69, 9.17) is 0 Å². The number of aryl methyl sites for hydroxylation is 1. The fourth-order valence-electron chi connectivity index (χ4n) is 1.54. The van der Waals surface area contributed by atoms with Crippen molar-refractivity contribution in [1.82, 2.24) is 9.55 Å². The Bertz CT molecular complexity index is 420. The maximum atomic E-state index is 3.06. The summed E-state index contributed by atoms with van der Waals surface area (Å²) in [6.45, 7) is 4.34. The SMILES string of the molecule is C[n+]1ccn(C(C)(C)[n+]2cc[nH]c2)c1.[Cl-].[Cl-]. The molecule has 0 bridgehead atoms. The summed E-state index contributed by atoms with van der Waals surface area (Å²) in [5.41, 5.74) is -0.0821. The predicted molar refractivity (Wildman–Crippen MR) is 51.3 cm³/mol. The Kier molecular flexibility index (Phi) is 5.03. The summed E-state index contributed by atoms with van der Waals surface area (Å²) in [7, 11) is 2.02. The highest BCUT2D eigenvalue weighted by molar-refractivity contribution is 4.75. The van der Waals surface area contributed by atoms with E-state index in [1.54, 1.807) is 0 Å². The molecule has 0 aromatic carbocycles. The van der Waals surface area contributed by atoms with Crippen LogP contribution in [0.1, 0.15) is 13.8 Å². The molecule has 0 atom stereocenters. The molecule has 2 aromatic heterocycles. The van der Waals surface area contributed by atoms with E-state index in [1.165, 1.54) is 0 Å². The molecule has 16 heavy (non-hydrogen) atoms. The monoisotopic (exact) mass is 262 g/mol. The lowest BCUT2D eigenvalue weighted by molar-refractivity contribution is -0.765. The average molecular weight is 263 g/mol. The Morgan fingerprint density at radius 1 is 1.19 bits per heavy atom. The lowest BCUT2D eigenvalue weighted by Crippen LogP contribution is -3.00. The number of H-pyrrole nitrogens is 1. The van der Waals surface area contributed by atoms with Gasteiger partial charge in [0.25, 0.3) is 0 Å². The maximum Gasteiger partial charge on any atom is 0.247 e. The van der Waals surface area contributed by atoms with E-state index in [1.807, 2.05) is 36.5 Å². The summed E-state index contributed by atoms with van der Waals surface area (Å²) in [5, 5.41) is 0. The van der Waals surface area contributed by atoms with E-state index < -0.39 is 0 Å². The Morgan fingerprint density at radius 2 is 1.88 bits per heavy atom. The summed E-state index contributed by atoms with van der Waals surface area (Å²) in [6.07, 6.45) is 12.1. The van der Waals surface area contributed by atoms with Crippen molar-refractivity contribution < 1.29 is 33.9 Å². The van der Waals surface area contributed by atoms with Crippen LogP contribution < -0.4 is 33.9 Å². The van der Waals surface area contributed by atoms with Crippen molar-refractivity contribution in [3.8, 4) is 0 Å². The van der Waals surface area contributed by atoms with Gasteiger partial charge in [0.05, 0.1) is 7.05 Å². The molecule has 0 radical (unpaired) electrons. The molecule has 0 unspecified atom stereocenters. The van der Waals surface area contributed by atoms with Crippen LogP contribution in [0.15, 0.2) is 37.4 Å². The van der Waals surface area contributed by atoms with Crippen LogP contribution in [0.2, 0.25) is 0 Å². The topological polar surface area (TPSA) is 28.5 Å². The maximum absolute atomic E-state index is 3.06. The van der Waals surface area contributed by atoms with Gasteiger partial charge in [0.15, 0.2) is 0 Å². The molecular weight excluding hydrogens is 247 g/mol. The van der Waals surface area contributed by atoms with Crippen molar-refractivity contribution in [2.24, 2.45) is 7.05 Å². The molecule has 90 valence electrons. The third-order valence-electron chi connectivity index (χ3n) is 2.58. The van der Waals surface area contributed by atoms with Gasteiger partial charge in [-0.05, 0) is 0 Å². The number of nitrogens with one attached hydrogen (secondary N) is 1. The van der Waals surface area contributed by atoms with E-state index in [-0.39, 0.29) is 30.5 Å². The molecule has 0 saturated heterocycles. The first kappa shape index (κ1) is 15.0. The molecule has 0 aliphatic heterocycles. The summed E-state index contributed by atoms with van der Waals surface area (Å²) in [4.78, 5) is 3.06. The molecule has 2 rings (SSSR count). The Hall–Kier alpha value is -1.00. The van der Waals surface area contributed by atoms with Crippen LogP contribution in [0.25, 0.3) is 0 Å². The van der Waals surface area contributed by atoms with E-state index >= 15 is 0 Å². The molecule has 0 saturated carbocycles. The van der Waals surface area contributed by atoms with Gasteiger partial charge in [0.2, 0.25) is 18.3 Å². The van der Waals surface area contributed by atoms with Crippen molar-refractivity contribution in [2.75, 3.05) is 0 Å². The minimum absolute atomic E-state index is 0. The van der Waals surface area contributed by atoms with Crippen LogP contribution in [-0.2, 0) is 12.7 Å². The summed E-state index contributed by atoms with van der Waals surface area (Å²) in [5.74, 6) is 0. The molecule has 0 aliphatic carbocycles. The first-order valence-electron chi connectivity index (χ1n) is 4.69. The molecule has 6 heteroatoms. The number of hydrogen-bond acceptors (Lipinski definition) is 0. The molecular formula is C10H16Cl2N4. The van der Waals surface area contributed by atoms with Crippen molar-refractivity contribution in [3.63, 3.8) is 0 Å². The van der Waals surface area contributed by atoms with Crippen molar-refractivity contribution >= 4 is 0 Å². The normalized spacial score (nSPS) is 10.4. The third kappa shape index (κ3) is 2.57. The van der Waals surface area contributed by atoms with Crippen molar-refractivity contribution in [2.45, 2.75) is 19.5 Å². The Balaban J connectivity index is 0.00000112. The zero-order chi connectivity index (χ0) is 10.2. The largest absolute Gasteiger partial charge is 1.00 e. The summed E-state index contributed by atoms with van der Waals surface area (Å²) >= 11 is 0. The molecule has 2 heterocycles. The second-order valence-electron chi connectivity index (χ2n) is 4.00. The van der Waals surface area contributed by atoms with E-state index in [0.29, 0.717) is 0 Å². The van der Waals surface area contributed by atoms with Gasteiger partial charge in [-0.15, -0.1) is 0 Å². The smallest absolute Gasteiger partial charge is 0.247 e. The highest BCUT2D eigenvalue weighted by Crippen LogP contribution is 2.08. The second-order valence-corrected chi connectivity index (χ2v) is 4.00. The molecule has 4 nitrogen and oxygen atoms in total. The van der Waals surface area contributed by atoms with Crippen LogP contribution >= 0.6 is 0 Å². The standard InChI is InChI=1S/C10H15N4.2ClH/c1-10(2,13-5-4-11-8-13)14-7-6-12(3)9-14;;/h4-9H,1-3H3;2*1H/q+1;;/p-1. The number of imidazole rings is 2.